The lowest BCUT2D eigenvalue weighted by Crippen LogP contribution is -2.27. The second-order valence-corrected chi connectivity index (χ2v) is 3.91. The molecule has 0 fully saturated rings. The molecule has 1 unspecified atom stereocenters. The molecular weight excluding hydrogens is 196 g/mol. The summed E-state index contributed by atoms with van der Waals surface area (Å²) in [4.78, 5) is 2.00. The van der Waals surface area contributed by atoms with Crippen molar-refractivity contribution < 1.29 is 0 Å². The minimum Gasteiger partial charge on any atom is -0.359 e. The third-order valence-electron chi connectivity index (χ3n) is 2.91. The molecule has 0 aromatic heterocycles. The van der Waals surface area contributed by atoms with Crippen LogP contribution in [0.5, 0.6) is 0 Å². The van der Waals surface area contributed by atoms with Crippen LogP contribution in [0.3, 0.4) is 0 Å². The van der Waals surface area contributed by atoms with Gasteiger partial charge in [-0.05, 0) is 18.4 Å². The summed E-state index contributed by atoms with van der Waals surface area (Å²) in [7, 11) is 1.95. The molecule has 2 heteroatoms. The standard InChI is InChI=1S/C14H14N2/c1-11(10-15)16(2)14-9-5-7-12-6-3-4-8-13(12)14/h3-9,11H,1-2H3. The van der Waals surface area contributed by atoms with E-state index in [4.69, 9.17) is 5.26 Å². The summed E-state index contributed by atoms with van der Waals surface area (Å²) < 4.78 is 0. The van der Waals surface area contributed by atoms with Crippen molar-refractivity contribution in [3.05, 3.63) is 42.5 Å². The summed E-state index contributed by atoms with van der Waals surface area (Å²) in [6.45, 7) is 1.90. The van der Waals surface area contributed by atoms with Crippen LogP contribution in [-0.2, 0) is 0 Å². The van der Waals surface area contributed by atoms with E-state index >= 15 is 0 Å². The molecule has 2 aromatic carbocycles. The van der Waals surface area contributed by atoms with E-state index in [0.717, 1.165) is 5.69 Å². The molecule has 1 atom stereocenters. The van der Waals surface area contributed by atoms with Gasteiger partial charge in [0.05, 0.1) is 6.07 Å². The van der Waals surface area contributed by atoms with Gasteiger partial charge in [0.25, 0.3) is 0 Å². The number of hydrogen-bond donors (Lipinski definition) is 0. The number of nitriles is 1. The summed E-state index contributed by atoms with van der Waals surface area (Å²) in [6.07, 6.45) is 0. The van der Waals surface area contributed by atoms with Gasteiger partial charge in [0, 0.05) is 18.1 Å². The van der Waals surface area contributed by atoms with Gasteiger partial charge >= 0.3 is 0 Å². The van der Waals surface area contributed by atoms with E-state index in [1.54, 1.807) is 0 Å². The highest BCUT2D eigenvalue weighted by molar-refractivity contribution is 5.94. The maximum absolute atomic E-state index is 8.95. The van der Waals surface area contributed by atoms with Crippen molar-refractivity contribution in [2.24, 2.45) is 0 Å². The quantitative estimate of drug-likeness (QED) is 0.761. The highest BCUT2D eigenvalue weighted by Crippen LogP contribution is 2.26. The third-order valence-corrected chi connectivity index (χ3v) is 2.91. The molecule has 0 saturated heterocycles. The third kappa shape index (κ3) is 1.72. The van der Waals surface area contributed by atoms with Crippen molar-refractivity contribution in [2.75, 3.05) is 11.9 Å². The predicted octanol–water partition coefficient (Wildman–Crippen LogP) is 3.19. The zero-order valence-electron chi connectivity index (χ0n) is 9.51. The van der Waals surface area contributed by atoms with E-state index in [0.29, 0.717) is 0 Å². The van der Waals surface area contributed by atoms with Crippen LogP contribution in [0.25, 0.3) is 10.8 Å². The zero-order valence-corrected chi connectivity index (χ0v) is 9.51. The van der Waals surface area contributed by atoms with Crippen LogP contribution >= 0.6 is 0 Å². The summed E-state index contributed by atoms with van der Waals surface area (Å²) in [5.41, 5.74) is 1.10. The van der Waals surface area contributed by atoms with Crippen molar-refractivity contribution >= 4 is 16.5 Å². The Kier molecular flexibility index (Phi) is 2.78. The fourth-order valence-electron chi connectivity index (χ4n) is 1.81. The lowest BCUT2D eigenvalue weighted by Gasteiger charge is -2.23. The van der Waals surface area contributed by atoms with Gasteiger partial charge in [-0.25, -0.2) is 0 Å². The first-order valence-corrected chi connectivity index (χ1v) is 5.34. The number of benzene rings is 2. The molecule has 0 aliphatic rings. The highest BCUT2D eigenvalue weighted by atomic mass is 15.1. The normalized spacial score (nSPS) is 12.1. The second kappa shape index (κ2) is 4.24. The Morgan fingerprint density at radius 3 is 2.56 bits per heavy atom. The summed E-state index contributed by atoms with van der Waals surface area (Å²) in [5, 5.41) is 11.3. The number of nitrogens with zero attached hydrogens (tertiary/aromatic N) is 2. The summed E-state index contributed by atoms with van der Waals surface area (Å²) in [6, 6.07) is 16.5. The molecule has 0 spiro atoms. The Labute approximate surface area is 95.7 Å². The van der Waals surface area contributed by atoms with Crippen molar-refractivity contribution in [3.63, 3.8) is 0 Å². The van der Waals surface area contributed by atoms with Gasteiger partial charge in [-0.2, -0.15) is 5.26 Å². The monoisotopic (exact) mass is 210 g/mol. The molecule has 16 heavy (non-hydrogen) atoms. The van der Waals surface area contributed by atoms with E-state index < -0.39 is 0 Å². The molecule has 0 aliphatic carbocycles. The fraction of sp³-hybridized carbons (Fsp3) is 0.214. The van der Waals surface area contributed by atoms with E-state index in [1.165, 1.54) is 10.8 Å². The van der Waals surface area contributed by atoms with Gasteiger partial charge in [0.1, 0.15) is 6.04 Å². The molecule has 2 nitrogen and oxygen atoms in total. The number of rotatable bonds is 2. The van der Waals surface area contributed by atoms with Gasteiger partial charge < -0.3 is 4.90 Å². The smallest absolute Gasteiger partial charge is 0.113 e. The highest BCUT2D eigenvalue weighted by Gasteiger charge is 2.10. The molecule has 80 valence electrons. The van der Waals surface area contributed by atoms with Gasteiger partial charge in [0.2, 0.25) is 0 Å². The minimum absolute atomic E-state index is 0.120. The zero-order chi connectivity index (χ0) is 11.5. The minimum atomic E-state index is -0.120. The van der Waals surface area contributed by atoms with Crippen molar-refractivity contribution in [1.82, 2.24) is 0 Å². The first-order chi connectivity index (χ1) is 7.74. The first kappa shape index (κ1) is 10.5. The maximum atomic E-state index is 8.95. The van der Waals surface area contributed by atoms with Gasteiger partial charge in [-0.3, -0.25) is 0 Å². The summed E-state index contributed by atoms with van der Waals surface area (Å²) in [5.74, 6) is 0. The molecule has 0 radical (unpaired) electrons. The Hall–Kier alpha value is -2.01. The molecule has 0 N–H and O–H groups in total. The molecule has 2 aromatic rings. The fourth-order valence-corrected chi connectivity index (χ4v) is 1.81. The predicted molar refractivity (Wildman–Crippen MR) is 67.4 cm³/mol. The molecule has 0 amide bonds. The van der Waals surface area contributed by atoms with Crippen LogP contribution in [0, 0.1) is 11.3 Å². The van der Waals surface area contributed by atoms with E-state index in [9.17, 15) is 0 Å². The van der Waals surface area contributed by atoms with Crippen LogP contribution in [0.15, 0.2) is 42.5 Å². The van der Waals surface area contributed by atoms with Crippen LogP contribution in [0.4, 0.5) is 5.69 Å². The van der Waals surface area contributed by atoms with Crippen molar-refractivity contribution in [1.29, 1.82) is 5.26 Å². The van der Waals surface area contributed by atoms with E-state index in [-0.39, 0.29) is 6.04 Å². The molecule has 2 rings (SSSR count). The topological polar surface area (TPSA) is 27.0 Å². The largest absolute Gasteiger partial charge is 0.359 e. The lowest BCUT2D eigenvalue weighted by molar-refractivity contribution is 0.839. The van der Waals surface area contributed by atoms with Gasteiger partial charge in [-0.1, -0.05) is 36.4 Å². The van der Waals surface area contributed by atoms with Crippen LogP contribution in [0.2, 0.25) is 0 Å². The first-order valence-electron chi connectivity index (χ1n) is 5.34. The van der Waals surface area contributed by atoms with Gasteiger partial charge in [0.15, 0.2) is 0 Å². The Morgan fingerprint density at radius 1 is 1.12 bits per heavy atom. The Morgan fingerprint density at radius 2 is 1.81 bits per heavy atom. The Bertz CT molecular complexity index is 534. The van der Waals surface area contributed by atoms with E-state index in [1.807, 2.05) is 37.1 Å². The summed E-state index contributed by atoms with van der Waals surface area (Å²) >= 11 is 0. The van der Waals surface area contributed by atoms with Crippen molar-refractivity contribution in [2.45, 2.75) is 13.0 Å². The van der Waals surface area contributed by atoms with E-state index in [2.05, 4.69) is 30.3 Å². The maximum Gasteiger partial charge on any atom is 0.113 e. The SMILES string of the molecule is CC(C#N)N(C)c1cccc2ccccc12. The molecule has 0 aliphatic heterocycles. The average molecular weight is 210 g/mol. The Balaban J connectivity index is 2.57. The number of fused-ring (bicyclic) bond motifs is 1. The average Bonchev–Trinajstić information content (AvgIpc) is 2.36. The lowest BCUT2D eigenvalue weighted by atomic mass is 10.1. The molecule has 0 bridgehead atoms. The van der Waals surface area contributed by atoms with Gasteiger partial charge in [-0.15, -0.1) is 0 Å². The number of hydrogen-bond acceptors (Lipinski definition) is 2. The number of anilines is 1. The van der Waals surface area contributed by atoms with Crippen LogP contribution in [0.1, 0.15) is 6.92 Å². The van der Waals surface area contributed by atoms with Crippen LogP contribution < -0.4 is 4.90 Å². The van der Waals surface area contributed by atoms with Crippen LogP contribution in [-0.4, -0.2) is 13.1 Å². The molecule has 0 heterocycles. The molecular formula is C14H14N2. The molecule has 0 saturated carbocycles. The second-order valence-electron chi connectivity index (χ2n) is 3.91. The van der Waals surface area contributed by atoms with Crippen molar-refractivity contribution in [3.8, 4) is 6.07 Å².